The van der Waals surface area contributed by atoms with Crippen LogP contribution in [-0.2, 0) is 11.3 Å². The number of nitrogens with one attached hydrogen (secondary N) is 1. The molecule has 1 aromatic heterocycles. The monoisotopic (exact) mass is 226 g/mol. The van der Waals surface area contributed by atoms with Gasteiger partial charge in [0, 0.05) is 12.8 Å². The number of quaternary nitrogens is 1. The van der Waals surface area contributed by atoms with Crippen molar-refractivity contribution >= 4 is 0 Å². The standard InChI is InChI=1S/C12H19NO3/c14-11(8-13-5-1-2-6-13)9-15-10-12-4-3-7-16-12/h3-4,7,11,14H,1-2,5-6,8-10H2/p+1/t11-/m1/s1. The first kappa shape index (κ1) is 11.6. The summed E-state index contributed by atoms with van der Waals surface area (Å²) in [5.74, 6) is 0.806. The lowest BCUT2D eigenvalue weighted by Gasteiger charge is -2.16. The predicted octanol–water partition coefficient (Wildman–Crippen LogP) is -0.164. The Morgan fingerprint density at radius 3 is 2.94 bits per heavy atom. The van der Waals surface area contributed by atoms with Crippen molar-refractivity contribution in [3.63, 3.8) is 0 Å². The molecule has 0 spiro atoms. The van der Waals surface area contributed by atoms with Crippen LogP contribution >= 0.6 is 0 Å². The normalized spacial score (nSPS) is 19.1. The van der Waals surface area contributed by atoms with Crippen molar-refractivity contribution in [3.05, 3.63) is 24.2 Å². The van der Waals surface area contributed by atoms with Crippen LogP contribution in [-0.4, -0.2) is 37.5 Å². The van der Waals surface area contributed by atoms with Crippen molar-refractivity contribution in [2.24, 2.45) is 0 Å². The Bertz CT molecular complexity index is 280. The summed E-state index contributed by atoms with van der Waals surface area (Å²) in [6, 6.07) is 3.71. The summed E-state index contributed by atoms with van der Waals surface area (Å²) in [5, 5.41) is 9.76. The third-order valence-electron chi connectivity index (χ3n) is 2.97. The number of aliphatic hydroxyl groups is 1. The van der Waals surface area contributed by atoms with Gasteiger partial charge < -0.3 is 19.2 Å². The molecule has 0 amide bonds. The smallest absolute Gasteiger partial charge is 0.129 e. The number of likely N-dealkylation sites (tertiary alicyclic amines) is 1. The first-order valence-corrected chi connectivity index (χ1v) is 5.96. The second kappa shape index (κ2) is 6.03. The van der Waals surface area contributed by atoms with Crippen molar-refractivity contribution in [2.45, 2.75) is 25.6 Å². The Morgan fingerprint density at radius 1 is 1.44 bits per heavy atom. The summed E-state index contributed by atoms with van der Waals surface area (Å²) >= 11 is 0. The van der Waals surface area contributed by atoms with E-state index in [0.717, 1.165) is 12.3 Å². The zero-order valence-electron chi connectivity index (χ0n) is 9.52. The lowest BCUT2D eigenvalue weighted by molar-refractivity contribution is -0.890. The van der Waals surface area contributed by atoms with E-state index in [1.807, 2.05) is 12.1 Å². The van der Waals surface area contributed by atoms with Gasteiger partial charge in [0.2, 0.25) is 0 Å². The highest BCUT2D eigenvalue weighted by Gasteiger charge is 2.19. The molecule has 1 aliphatic rings. The van der Waals surface area contributed by atoms with E-state index < -0.39 is 0 Å². The molecule has 0 saturated carbocycles. The van der Waals surface area contributed by atoms with E-state index in [0.29, 0.717) is 13.2 Å². The molecule has 0 radical (unpaired) electrons. The number of hydrogen-bond acceptors (Lipinski definition) is 3. The topological polar surface area (TPSA) is 47.0 Å². The molecule has 1 aliphatic heterocycles. The number of aliphatic hydroxyl groups excluding tert-OH is 1. The fourth-order valence-corrected chi connectivity index (χ4v) is 2.16. The maximum Gasteiger partial charge on any atom is 0.129 e. The summed E-state index contributed by atoms with van der Waals surface area (Å²) in [6.07, 6.45) is 3.84. The van der Waals surface area contributed by atoms with Gasteiger partial charge in [0.15, 0.2) is 0 Å². The molecule has 0 bridgehead atoms. The number of rotatable bonds is 6. The van der Waals surface area contributed by atoms with Crippen molar-refractivity contribution in [3.8, 4) is 0 Å². The fraction of sp³-hybridized carbons (Fsp3) is 0.667. The Kier molecular flexibility index (Phi) is 4.39. The molecule has 1 saturated heterocycles. The van der Waals surface area contributed by atoms with Gasteiger partial charge in [0.25, 0.3) is 0 Å². The molecule has 4 nitrogen and oxygen atoms in total. The van der Waals surface area contributed by atoms with Gasteiger partial charge in [-0.3, -0.25) is 0 Å². The van der Waals surface area contributed by atoms with Crippen LogP contribution in [0.3, 0.4) is 0 Å². The van der Waals surface area contributed by atoms with Gasteiger partial charge in [0.1, 0.15) is 25.0 Å². The quantitative estimate of drug-likeness (QED) is 0.708. The first-order valence-electron chi connectivity index (χ1n) is 5.96. The molecule has 1 atom stereocenters. The zero-order valence-corrected chi connectivity index (χ0v) is 9.52. The molecule has 0 aromatic carbocycles. The van der Waals surface area contributed by atoms with Gasteiger partial charge in [-0.2, -0.15) is 0 Å². The van der Waals surface area contributed by atoms with E-state index in [4.69, 9.17) is 9.15 Å². The van der Waals surface area contributed by atoms with Crippen molar-refractivity contribution in [1.82, 2.24) is 0 Å². The van der Waals surface area contributed by atoms with Gasteiger partial charge in [0.05, 0.1) is 26.0 Å². The first-order chi connectivity index (χ1) is 7.84. The van der Waals surface area contributed by atoms with Crippen molar-refractivity contribution in [2.75, 3.05) is 26.2 Å². The Balaban J connectivity index is 1.58. The molecule has 2 N–H and O–H groups in total. The van der Waals surface area contributed by atoms with Gasteiger partial charge in [-0.1, -0.05) is 0 Å². The lowest BCUT2D eigenvalue weighted by atomic mass is 10.3. The molecule has 0 aliphatic carbocycles. The summed E-state index contributed by atoms with van der Waals surface area (Å²) in [6.45, 7) is 4.02. The van der Waals surface area contributed by atoms with Crippen LogP contribution in [0.2, 0.25) is 0 Å². The van der Waals surface area contributed by atoms with E-state index in [2.05, 4.69) is 0 Å². The number of ether oxygens (including phenoxy) is 1. The van der Waals surface area contributed by atoms with E-state index in [-0.39, 0.29) is 6.10 Å². The Labute approximate surface area is 95.8 Å². The van der Waals surface area contributed by atoms with Gasteiger partial charge in [-0.15, -0.1) is 0 Å². The molecule has 0 unspecified atom stereocenters. The summed E-state index contributed by atoms with van der Waals surface area (Å²) < 4.78 is 10.5. The van der Waals surface area contributed by atoms with Crippen molar-refractivity contribution in [1.29, 1.82) is 0 Å². The van der Waals surface area contributed by atoms with Crippen LogP contribution in [0, 0.1) is 0 Å². The second-order valence-electron chi connectivity index (χ2n) is 4.41. The summed E-state index contributed by atoms with van der Waals surface area (Å²) in [4.78, 5) is 1.49. The highest BCUT2D eigenvalue weighted by atomic mass is 16.5. The third kappa shape index (κ3) is 3.63. The minimum absolute atomic E-state index is 0.358. The molecule has 1 aromatic rings. The van der Waals surface area contributed by atoms with Gasteiger partial charge >= 0.3 is 0 Å². The minimum atomic E-state index is -0.358. The Hall–Kier alpha value is -0.840. The van der Waals surface area contributed by atoms with E-state index >= 15 is 0 Å². The molecule has 4 heteroatoms. The molecule has 90 valence electrons. The average Bonchev–Trinajstić information content (AvgIpc) is 2.90. The van der Waals surface area contributed by atoms with Crippen LogP contribution in [0.4, 0.5) is 0 Å². The highest BCUT2D eigenvalue weighted by molar-refractivity contribution is 4.95. The maximum atomic E-state index is 9.76. The summed E-state index contributed by atoms with van der Waals surface area (Å²) in [7, 11) is 0. The van der Waals surface area contributed by atoms with Gasteiger partial charge in [-0.05, 0) is 12.1 Å². The van der Waals surface area contributed by atoms with Crippen LogP contribution in [0.5, 0.6) is 0 Å². The molecule has 2 heterocycles. The SMILES string of the molecule is O[C@@H](COCc1ccco1)C[NH+]1CCCC1. The van der Waals surface area contributed by atoms with Gasteiger partial charge in [-0.25, -0.2) is 0 Å². The van der Waals surface area contributed by atoms with E-state index in [9.17, 15) is 5.11 Å². The summed E-state index contributed by atoms with van der Waals surface area (Å²) in [5.41, 5.74) is 0. The molecule has 1 fully saturated rings. The van der Waals surface area contributed by atoms with Crippen LogP contribution in [0.15, 0.2) is 22.8 Å². The number of hydrogen-bond donors (Lipinski definition) is 2. The average molecular weight is 226 g/mol. The van der Waals surface area contributed by atoms with Crippen LogP contribution in [0.25, 0.3) is 0 Å². The zero-order chi connectivity index (χ0) is 11.2. The highest BCUT2D eigenvalue weighted by Crippen LogP contribution is 2.01. The molecular formula is C12H20NO3+. The number of furan rings is 1. The predicted molar refractivity (Wildman–Crippen MR) is 59.2 cm³/mol. The maximum absolute atomic E-state index is 9.76. The molecular weight excluding hydrogens is 206 g/mol. The minimum Gasteiger partial charge on any atom is -0.467 e. The second-order valence-corrected chi connectivity index (χ2v) is 4.41. The largest absolute Gasteiger partial charge is 0.467 e. The third-order valence-corrected chi connectivity index (χ3v) is 2.97. The van der Waals surface area contributed by atoms with E-state index in [1.165, 1.54) is 30.8 Å². The van der Waals surface area contributed by atoms with Crippen molar-refractivity contribution < 1.29 is 19.2 Å². The fourth-order valence-electron chi connectivity index (χ4n) is 2.16. The lowest BCUT2D eigenvalue weighted by Crippen LogP contribution is -3.11. The molecule has 16 heavy (non-hydrogen) atoms. The van der Waals surface area contributed by atoms with Crippen LogP contribution < -0.4 is 4.90 Å². The Morgan fingerprint density at radius 2 is 2.25 bits per heavy atom. The molecule has 2 rings (SSSR count). The van der Waals surface area contributed by atoms with E-state index in [1.54, 1.807) is 6.26 Å². The van der Waals surface area contributed by atoms with Crippen LogP contribution in [0.1, 0.15) is 18.6 Å².